The first-order valence-corrected chi connectivity index (χ1v) is 9.96. The molecule has 9 heteroatoms. The van der Waals surface area contributed by atoms with Crippen LogP contribution in [0.25, 0.3) is 4.96 Å². The fraction of sp³-hybridized carbons (Fsp3) is 0.474. The number of aromatic hydroxyl groups is 1. The highest BCUT2D eigenvalue weighted by atomic mass is 32.1. The summed E-state index contributed by atoms with van der Waals surface area (Å²) in [5, 5.41) is 15.0. The molecule has 1 aliphatic heterocycles. The maximum absolute atomic E-state index is 10.9. The molecule has 1 N–H and O–H groups in total. The van der Waals surface area contributed by atoms with Crippen LogP contribution < -0.4 is 9.47 Å². The molecular formula is C19H24N4O4S. The standard InChI is InChI=1S/C19H24N4O4S/c1-11-8-22(9-12(2)27-11)16(13-5-6-14(25-3)15(7-13)26-4)17-18(24)23-19(28-17)20-10-21-23/h5-7,10-12,16,24H,8-9H2,1-4H3/t11-,12+,16-/m0/s1. The van der Waals surface area contributed by atoms with Crippen LogP contribution in [0.3, 0.4) is 0 Å². The van der Waals surface area contributed by atoms with E-state index >= 15 is 0 Å². The maximum Gasteiger partial charge on any atom is 0.230 e. The van der Waals surface area contributed by atoms with Gasteiger partial charge < -0.3 is 19.3 Å². The first-order chi connectivity index (χ1) is 13.5. The summed E-state index contributed by atoms with van der Waals surface area (Å²) in [7, 11) is 3.24. The molecule has 3 atom stereocenters. The van der Waals surface area contributed by atoms with Gasteiger partial charge in [-0.15, -0.1) is 0 Å². The van der Waals surface area contributed by atoms with Crippen molar-refractivity contribution in [2.45, 2.75) is 32.1 Å². The normalized spacial score (nSPS) is 21.7. The minimum absolute atomic E-state index is 0.0932. The highest BCUT2D eigenvalue weighted by molar-refractivity contribution is 7.17. The van der Waals surface area contributed by atoms with E-state index in [9.17, 15) is 5.11 Å². The Bertz CT molecular complexity index is 962. The summed E-state index contributed by atoms with van der Waals surface area (Å²) >= 11 is 1.44. The van der Waals surface area contributed by atoms with Crippen molar-refractivity contribution in [3.8, 4) is 17.4 Å². The minimum atomic E-state index is -0.179. The number of nitrogens with zero attached hydrogens (tertiary/aromatic N) is 4. The first kappa shape index (κ1) is 19.0. The molecule has 0 bridgehead atoms. The van der Waals surface area contributed by atoms with Gasteiger partial charge in [-0.25, -0.2) is 4.98 Å². The van der Waals surface area contributed by atoms with E-state index < -0.39 is 0 Å². The second-order valence-electron chi connectivity index (χ2n) is 6.97. The zero-order valence-electron chi connectivity index (χ0n) is 16.3. The molecule has 2 aromatic heterocycles. The lowest BCUT2D eigenvalue weighted by molar-refractivity contribution is -0.0764. The third kappa shape index (κ3) is 3.30. The van der Waals surface area contributed by atoms with Crippen molar-refractivity contribution >= 4 is 16.3 Å². The van der Waals surface area contributed by atoms with Crippen LogP contribution in [0.1, 0.15) is 30.3 Å². The zero-order valence-corrected chi connectivity index (χ0v) is 17.1. The maximum atomic E-state index is 10.9. The summed E-state index contributed by atoms with van der Waals surface area (Å²) < 4.78 is 18.3. The third-order valence-corrected chi connectivity index (χ3v) is 6.01. The van der Waals surface area contributed by atoms with E-state index in [1.165, 1.54) is 22.2 Å². The lowest BCUT2D eigenvalue weighted by atomic mass is 10.0. The van der Waals surface area contributed by atoms with Gasteiger partial charge in [0, 0.05) is 13.1 Å². The molecule has 1 aliphatic rings. The predicted octanol–water partition coefficient (Wildman–Crippen LogP) is 2.71. The molecule has 4 rings (SSSR count). The molecule has 0 spiro atoms. The van der Waals surface area contributed by atoms with Gasteiger partial charge >= 0.3 is 0 Å². The smallest absolute Gasteiger partial charge is 0.230 e. The highest BCUT2D eigenvalue weighted by Gasteiger charge is 2.34. The lowest BCUT2D eigenvalue weighted by Gasteiger charge is -2.40. The van der Waals surface area contributed by atoms with E-state index in [0.717, 1.165) is 23.5 Å². The van der Waals surface area contributed by atoms with Crippen LogP contribution in [0.2, 0.25) is 0 Å². The van der Waals surface area contributed by atoms with Gasteiger partial charge in [0.25, 0.3) is 0 Å². The second-order valence-corrected chi connectivity index (χ2v) is 7.98. The molecule has 3 heterocycles. The summed E-state index contributed by atoms with van der Waals surface area (Å²) in [5.74, 6) is 1.43. The number of ether oxygens (including phenoxy) is 3. The second kappa shape index (κ2) is 7.57. The van der Waals surface area contributed by atoms with E-state index in [1.807, 2.05) is 18.2 Å². The molecule has 0 unspecified atom stereocenters. The van der Waals surface area contributed by atoms with Gasteiger partial charge in [-0.1, -0.05) is 17.4 Å². The predicted molar refractivity (Wildman–Crippen MR) is 105 cm³/mol. The van der Waals surface area contributed by atoms with E-state index in [4.69, 9.17) is 14.2 Å². The van der Waals surface area contributed by atoms with Crippen LogP contribution in [-0.2, 0) is 4.74 Å². The Kier molecular flexibility index (Phi) is 5.13. The molecule has 1 fully saturated rings. The van der Waals surface area contributed by atoms with Gasteiger partial charge in [-0.3, -0.25) is 4.90 Å². The van der Waals surface area contributed by atoms with Crippen molar-refractivity contribution in [1.29, 1.82) is 0 Å². The molecule has 0 amide bonds. The largest absolute Gasteiger partial charge is 0.493 e. The lowest BCUT2D eigenvalue weighted by Crippen LogP contribution is -2.47. The molecular weight excluding hydrogens is 380 g/mol. The van der Waals surface area contributed by atoms with Crippen LogP contribution in [0, 0.1) is 0 Å². The fourth-order valence-corrected chi connectivity index (χ4v) is 4.94. The number of aromatic nitrogens is 3. The van der Waals surface area contributed by atoms with Gasteiger partial charge in [0.1, 0.15) is 6.33 Å². The molecule has 0 aliphatic carbocycles. The average Bonchev–Trinajstić information content (AvgIpc) is 3.25. The van der Waals surface area contributed by atoms with Crippen LogP contribution >= 0.6 is 11.3 Å². The summed E-state index contributed by atoms with van der Waals surface area (Å²) in [6.45, 7) is 5.63. The van der Waals surface area contributed by atoms with E-state index in [0.29, 0.717) is 16.5 Å². The van der Waals surface area contributed by atoms with Crippen molar-refractivity contribution in [2.75, 3.05) is 27.3 Å². The Morgan fingerprint density at radius 3 is 2.54 bits per heavy atom. The summed E-state index contributed by atoms with van der Waals surface area (Å²) in [6, 6.07) is 5.68. The van der Waals surface area contributed by atoms with Crippen LogP contribution in [0.4, 0.5) is 0 Å². The van der Waals surface area contributed by atoms with Crippen LogP contribution in [-0.4, -0.2) is 64.1 Å². The van der Waals surface area contributed by atoms with Crippen molar-refractivity contribution in [3.05, 3.63) is 35.0 Å². The Morgan fingerprint density at radius 2 is 1.89 bits per heavy atom. The number of fused-ring (bicyclic) bond motifs is 1. The molecule has 1 aromatic carbocycles. The summed E-state index contributed by atoms with van der Waals surface area (Å²) in [5.41, 5.74) is 0.999. The molecule has 28 heavy (non-hydrogen) atoms. The third-order valence-electron chi connectivity index (χ3n) is 4.92. The quantitative estimate of drug-likeness (QED) is 0.700. The van der Waals surface area contributed by atoms with Gasteiger partial charge in [0.05, 0.1) is 37.3 Å². The van der Waals surface area contributed by atoms with Crippen molar-refractivity contribution in [2.24, 2.45) is 0 Å². The average molecular weight is 404 g/mol. The van der Waals surface area contributed by atoms with Crippen molar-refractivity contribution in [3.63, 3.8) is 0 Å². The fourth-order valence-electron chi connectivity index (χ4n) is 3.85. The van der Waals surface area contributed by atoms with Gasteiger partial charge in [-0.05, 0) is 31.5 Å². The highest BCUT2D eigenvalue weighted by Crippen LogP contribution is 2.42. The van der Waals surface area contributed by atoms with Gasteiger partial charge in [0.2, 0.25) is 10.8 Å². The Hall–Kier alpha value is -2.36. The SMILES string of the molecule is COc1ccc([C@@H](c2sc3ncnn3c2O)N2C[C@@H](C)O[C@@H](C)C2)cc1OC. The number of hydrogen-bond acceptors (Lipinski definition) is 8. The van der Waals surface area contributed by atoms with Gasteiger partial charge in [0.15, 0.2) is 11.5 Å². The Balaban J connectivity index is 1.84. The van der Waals surface area contributed by atoms with E-state index in [-0.39, 0.29) is 24.1 Å². The van der Waals surface area contributed by atoms with Crippen LogP contribution in [0.5, 0.6) is 17.4 Å². The summed E-state index contributed by atoms with van der Waals surface area (Å²) in [4.78, 5) is 8.01. The van der Waals surface area contributed by atoms with Crippen molar-refractivity contribution < 1.29 is 19.3 Å². The Labute approximate surface area is 167 Å². The first-order valence-electron chi connectivity index (χ1n) is 9.14. The molecule has 8 nitrogen and oxygen atoms in total. The van der Waals surface area contributed by atoms with E-state index in [2.05, 4.69) is 28.8 Å². The molecule has 150 valence electrons. The minimum Gasteiger partial charge on any atom is -0.493 e. The van der Waals surface area contributed by atoms with Gasteiger partial charge in [-0.2, -0.15) is 9.61 Å². The molecule has 0 radical (unpaired) electrons. The monoisotopic (exact) mass is 404 g/mol. The number of rotatable bonds is 5. The topological polar surface area (TPSA) is 81.4 Å². The zero-order chi connectivity index (χ0) is 19.8. The van der Waals surface area contributed by atoms with E-state index in [1.54, 1.807) is 14.2 Å². The summed E-state index contributed by atoms with van der Waals surface area (Å²) in [6.07, 6.45) is 1.63. The number of hydrogen-bond donors (Lipinski definition) is 1. The number of methoxy groups -OCH3 is 2. The van der Waals surface area contributed by atoms with Crippen molar-refractivity contribution in [1.82, 2.24) is 19.5 Å². The van der Waals surface area contributed by atoms with Crippen LogP contribution in [0.15, 0.2) is 24.5 Å². The molecule has 0 saturated carbocycles. The number of benzene rings is 1. The molecule has 3 aromatic rings. The Morgan fingerprint density at radius 1 is 1.18 bits per heavy atom. The number of morpholine rings is 1. The number of thiazole rings is 1. The molecule has 1 saturated heterocycles.